The van der Waals surface area contributed by atoms with E-state index in [0.29, 0.717) is 5.54 Å². The van der Waals surface area contributed by atoms with Crippen molar-refractivity contribution in [2.75, 3.05) is 20.1 Å². The summed E-state index contributed by atoms with van der Waals surface area (Å²) >= 11 is 0. The Morgan fingerprint density at radius 3 is 2.68 bits per heavy atom. The molecule has 0 spiro atoms. The monoisotopic (exact) mass is 375 g/mol. The Morgan fingerprint density at radius 2 is 1.95 bits per heavy atom. The molecule has 3 rings (SSSR count). The van der Waals surface area contributed by atoms with Crippen LogP contribution in [0.5, 0.6) is 0 Å². The first kappa shape index (κ1) is 15.8. The molecule has 0 aromatic heterocycles. The molecule has 1 nitrogen and oxygen atoms in total. The van der Waals surface area contributed by atoms with Crippen LogP contribution >= 0.6 is 0 Å². The molecule has 110 valence electrons. The molecule has 19 heavy (non-hydrogen) atoms. The van der Waals surface area contributed by atoms with Gasteiger partial charge >= 0.3 is 0 Å². The average Bonchev–Trinajstić information content (AvgIpc) is 2.62. The summed E-state index contributed by atoms with van der Waals surface area (Å²) < 4.78 is 1.36. The Kier molecular flexibility index (Phi) is 4.72. The molecule has 2 aliphatic heterocycles. The van der Waals surface area contributed by atoms with Crippen LogP contribution in [0.15, 0.2) is 11.1 Å². The second kappa shape index (κ2) is 5.67. The Morgan fingerprint density at radius 1 is 1.21 bits per heavy atom. The summed E-state index contributed by atoms with van der Waals surface area (Å²) in [5.41, 5.74) is 4.28. The van der Waals surface area contributed by atoms with Gasteiger partial charge in [-0.05, 0) is 44.6 Å². The Bertz CT molecular complexity index is 375. The highest BCUT2D eigenvalue weighted by Crippen LogP contribution is 2.52. The predicted molar refractivity (Wildman–Crippen MR) is 77.4 cm³/mol. The molecule has 0 saturated carbocycles. The van der Waals surface area contributed by atoms with E-state index >= 15 is 0 Å². The van der Waals surface area contributed by atoms with Crippen molar-refractivity contribution >= 4 is 0 Å². The first-order valence-electron chi connectivity index (χ1n) is 8.15. The Labute approximate surface area is 136 Å². The minimum absolute atomic E-state index is 0. The average molecular weight is 375 g/mol. The van der Waals surface area contributed by atoms with Crippen molar-refractivity contribution in [2.24, 2.45) is 5.92 Å². The lowest BCUT2D eigenvalue weighted by atomic mass is 9.73. The zero-order valence-corrected chi connectivity index (χ0v) is 15.1. The lowest BCUT2D eigenvalue weighted by Crippen LogP contribution is -3.00. The minimum Gasteiger partial charge on any atom is -1.00 e. The molecule has 2 heterocycles. The normalized spacial score (nSPS) is 41.5. The highest BCUT2D eigenvalue weighted by atomic mass is 127. The quantitative estimate of drug-likeness (QED) is 0.388. The number of nitrogens with zero attached hydrogens (tertiary/aromatic N) is 1. The smallest absolute Gasteiger partial charge is 0.118 e. The van der Waals surface area contributed by atoms with E-state index in [0.717, 1.165) is 5.92 Å². The summed E-state index contributed by atoms with van der Waals surface area (Å²) in [4.78, 5) is 0. The molecule has 0 bridgehead atoms. The molecular weight excluding hydrogens is 345 g/mol. The lowest BCUT2D eigenvalue weighted by Gasteiger charge is -2.51. The second-order valence-electron chi connectivity index (χ2n) is 7.47. The fourth-order valence-corrected chi connectivity index (χ4v) is 5.28. The lowest BCUT2D eigenvalue weighted by molar-refractivity contribution is -0.942. The third kappa shape index (κ3) is 2.41. The first-order valence-corrected chi connectivity index (χ1v) is 8.15. The molecule has 1 saturated heterocycles. The summed E-state index contributed by atoms with van der Waals surface area (Å²) in [6.07, 6.45) is 11.4. The molecular formula is C17H30IN. The van der Waals surface area contributed by atoms with Gasteiger partial charge in [0.25, 0.3) is 0 Å². The molecule has 0 aromatic rings. The third-order valence-corrected chi connectivity index (χ3v) is 6.38. The molecule has 2 unspecified atom stereocenters. The van der Waals surface area contributed by atoms with Gasteiger partial charge in [0, 0.05) is 18.8 Å². The fourth-order valence-electron chi connectivity index (χ4n) is 5.28. The van der Waals surface area contributed by atoms with Crippen LogP contribution < -0.4 is 24.0 Å². The molecule has 0 N–H and O–H groups in total. The van der Waals surface area contributed by atoms with Crippen LogP contribution in [0.4, 0.5) is 0 Å². The van der Waals surface area contributed by atoms with Gasteiger partial charge in [-0.3, -0.25) is 0 Å². The van der Waals surface area contributed by atoms with Crippen LogP contribution in [0, 0.1) is 5.92 Å². The Balaban J connectivity index is 0.00000133. The first-order chi connectivity index (χ1) is 8.59. The molecule has 1 fully saturated rings. The van der Waals surface area contributed by atoms with Crippen molar-refractivity contribution in [3.05, 3.63) is 11.1 Å². The van der Waals surface area contributed by atoms with E-state index < -0.39 is 0 Å². The van der Waals surface area contributed by atoms with Gasteiger partial charge in [-0.2, -0.15) is 0 Å². The van der Waals surface area contributed by atoms with Crippen LogP contribution in [0.1, 0.15) is 65.2 Å². The van der Waals surface area contributed by atoms with Crippen LogP contribution in [0.2, 0.25) is 0 Å². The number of hydrogen-bond donors (Lipinski definition) is 0. The zero-order valence-electron chi connectivity index (χ0n) is 13.0. The third-order valence-electron chi connectivity index (χ3n) is 6.38. The van der Waals surface area contributed by atoms with E-state index in [4.69, 9.17) is 0 Å². The molecule has 3 aliphatic rings. The van der Waals surface area contributed by atoms with Gasteiger partial charge in [0.05, 0.1) is 20.1 Å². The van der Waals surface area contributed by atoms with E-state index in [1.165, 1.54) is 68.9 Å². The number of halogens is 1. The van der Waals surface area contributed by atoms with Crippen LogP contribution in [0.3, 0.4) is 0 Å². The van der Waals surface area contributed by atoms with Gasteiger partial charge < -0.3 is 28.5 Å². The molecule has 1 aliphatic carbocycles. The largest absolute Gasteiger partial charge is 1.00 e. The van der Waals surface area contributed by atoms with Crippen molar-refractivity contribution < 1.29 is 28.5 Å². The highest BCUT2D eigenvalue weighted by Gasteiger charge is 2.56. The van der Waals surface area contributed by atoms with E-state index in [1.54, 1.807) is 0 Å². The molecule has 0 radical (unpaired) electrons. The maximum atomic E-state index is 2.60. The van der Waals surface area contributed by atoms with Crippen molar-refractivity contribution in [3.8, 4) is 0 Å². The van der Waals surface area contributed by atoms with E-state index in [9.17, 15) is 0 Å². The van der Waals surface area contributed by atoms with Gasteiger partial charge in [-0.1, -0.05) is 18.9 Å². The fraction of sp³-hybridized carbons (Fsp3) is 0.882. The topological polar surface area (TPSA) is 0 Å². The van der Waals surface area contributed by atoms with E-state index in [1.807, 2.05) is 11.1 Å². The molecule has 3 atom stereocenters. The number of rotatable bonds is 2. The van der Waals surface area contributed by atoms with Crippen LogP contribution in [0.25, 0.3) is 0 Å². The molecule has 0 aromatic carbocycles. The van der Waals surface area contributed by atoms with Crippen molar-refractivity contribution in [1.82, 2.24) is 0 Å². The number of fused-ring (bicyclic) bond motifs is 2. The van der Waals surface area contributed by atoms with Crippen molar-refractivity contribution in [1.29, 1.82) is 0 Å². The van der Waals surface area contributed by atoms with E-state index in [2.05, 4.69) is 20.9 Å². The SMILES string of the molecule is CCCC1C[C@]2(C)C3=C(CCCC3)CC[N+]2(C)C1.[I-]. The maximum absolute atomic E-state index is 2.60. The van der Waals surface area contributed by atoms with Crippen LogP contribution in [-0.4, -0.2) is 30.2 Å². The molecule has 0 amide bonds. The van der Waals surface area contributed by atoms with Gasteiger partial charge in [0.1, 0.15) is 5.54 Å². The number of quaternary nitrogens is 1. The minimum atomic E-state index is 0. The van der Waals surface area contributed by atoms with E-state index in [-0.39, 0.29) is 24.0 Å². The van der Waals surface area contributed by atoms with Gasteiger partial charge in [-0.15, -0.1) is 0 Å². The number of hydrogen-bond acceptors (Lipinski definition) is 0. The van der Waals surface area contributed by atoms with Crippen LogP contribution in [-0.2, 0) is 0 Å². The molecule has 2 heteroatoms. The van der Waals surface area contributed by atoms with Gasteiger partial charge in [0.15, 0.2) is 0 Å². The van der Waals surface area contributed by atoms with Gasteiger partial charge in [-0.25, -0.2) is 0 Å². The predicted octanol–water partition coefficient (Wildman–Crippen LogP) is 1.29. The van der Waals surface area contributed by atoms with Gasteiger partial charge in [0.2, 0.25) is 0 Å². The zero-order chi connectivity index (χ0) is 12.8. The highest BCUT2D eigenvalue weighted by molar-refractivity contribution is 5.29. The Hall–Kier alpha value is 0.430. The van der Waals surface area contributed by atoms with Crippen molar-refractivity contribution in [2.45, 2.75) is 70.8 Å². The summed E-state index contributed by atoms with van der Waals surface area (Å²) in [7, 11) is 2.55. The summed E-state index contributed by atoms with van der Waals surface area (Å²) in [5, 5.41) is 0. The standard InChI is InChI=1S/C17H30N.HI/c1-4-7-14-12-17(2)16-9-6-5-8-15(16)10-11-18(17,3)13-14;/h14H,4-13H2,1-3H3;1H/q+1;/p-1/t14?,17-,18?;/m1./s1. The second-order valence-corrected chi connectivity index (χ2v) is 7.47. The number of likely N-dealkylation sites (N-methyl/N-ethyl adjacent to an activating group) is 1. The summed E-state index contributed by atoms with van der Waals surface area (Å²) in [5.74, 6) is 0.985. The van der Waals surface area contributed by atoms with Crippen molar-refractivity contribution in [3.63, 3.8) is 0 Å². The summed E-state index contributed by atoms with van der Waals surface area (Å²) in [6.45, 7) is 7.81. The maximum Gasteiger partial charge on any atom is 0.118 e. The summed E-state index contributed by atoms with van der Waals surface area (Å²) in [6, 6.07) is 0.